The lowest BCUT2D eigenvalue weighted by atomic mass is 10.2. The fourth-order valence-electron chi connectivity index (χ4n) is 2.23. The third kappa shape index (κ3) is 5.64. The van der Waals surface area contributed by atoms with Gasteiger partial charge in [-0.15, -0.1) is 0 Å². The highest BCUT2D eigenvalue weighted by atomic mass is 79.9. The van der Waals surface area contributed by atoms with Gasteiger partial charge in [-0.1, -0.05) is 55.4 Å². The summed E-state index contributed by atoms with van der Waals surface area (Å²) >= 11 is 10.0. The molecule has 0 saturated carbocycles. The van der Waals surface area contributed by atoms with Crippen LogP contribution >= 0.6 is 55.4 Å². The molecule has 3 rings (SSSR count). The summed E-state index contributed by atoms with van der Waals surface area (Å²) in [6, 6.07) is 22.3. The van der Waals surface area contributed by atoms with Crippen LogP contribution in [0.1, 0.15) is 5.56 Å². The van der Waals surface area contributed by atoms with E-state index in [1.54, 1.807) is 35.7 Å². The molecule has 0 spiro atoms. The van der Waals surface area contributed by atoms with Crippen molar-refractivity contribution in [1.82, 2.24) is 0 Å². The Kier molecular flexibility index (Phi) is 7.23. The number of nitro benzene ring substituents is 1. The van der Waals surface area contributed by atoms with Crippen LogP contribution in [0.5, 0.6) is 0 Å². The van der Waals surface area contributed by atoms with E-state index in [1.165, 1.54) is 12.1 Å². The number of rotatable bonds is 6. The Hall–Kier alpha value is -1.74. The molecule has 3 aromatic rings. The van der Waals surface area contributed by atoms with Gasteiger partial charge in [0.05, 0.1) is 14.9 Å². The standard InChI is InChI=1S/C20H14Br2N2O2S2/c21-14-3-9-17(10-4-14)27-20(28-18-11-5-15(22)6-12-18)19(23)13-1-7-16(8-2-13)24(25)26/h1-12H,23H2. The molecular formula is C20H14Br2N2O2S2. The zero-order chi connectivity index (χ0) is 20.1. The average molecular weight is 538 g/mol. The summed E-state index contributed by atoms with van der Waals surface area (Å²) in [4.78, 5) is 12.6. The Balaban J connectivity index is 1.97. The molecule has 2 N–H and O–H groups in total. The maximum Gasteiger partial charge on any atom is 0.269 e. The maximum absolute atomic E-state index is 10.9. The van der Waals surface area contributed by atoms with Crippen molar-refractivity contribution in [2.75, 3.05) is 0 Å². The van der Waals surface area contributed by atoms with Gasteiger partial charge in [-0.2, -0.15) is 0 Å². The van der Waals surface area contributed by atoms with Crippen LogP contribution < -0.4 is 5.73 Å². The Morgan fingerprint density at radius 3 is 1.61 bits per heavy atom. The molecule has 0 aliphatic heterocycles. The van der Waals surface area contributed by atoms with Gasteiger partial charge < -0.3 is 5.73 Å². The predicted octanol–water partition coefficient (Wildman–Crippen LogP) is 7.29. The third-order valence-electron chi connectivity index (χ3n) is 3.66. The molecule has 3 aromatic carbocycles. The number of halogens is 2. The highest BCUT2D eigenvalue weighted by molar-refractivity contribution is 9.10. The number of nitrogens with two attached hydrogens (primary N) is 1. The Labute approximate surface area is 188 Å². The average Bonchev–Trinajstić information content (AvgIpc) is 2.70. The number of hydrogen-bond acceptors (Lipinski definition) is 5. The van der Waals surface area contributed by atoms with Crippen molar-refractivity contribution in [1.29, 1.82) is 0 Å². The van der Waals surface area contributed by atoms with Crippen molar-refractivity contribution in [3.05, 3.63) is 102 Å². The van der Waals surface area contributed by atoms with Crippen LogP contribution in [0.4, 0.5) is 5.69 Å². The van der Waals surface area contributed by atoms with E-state index in [1.807, 2.05) is 48.5 Å². The van der Waals surface area contributed by atoms with E-state index in [4.69, 9.17) is 5.73 Å². The van der Waals surface area contributed by atoms with Crippen LogP contribution in [0.2, 0.25) is 0 Å². The van der Waals surface area contributed by atoms with E-state index in [2.05, 4.69) is 31.9 Å². The fraction of sp³-hybridized carbons (Fsp3) is 0. The first kappa shape index (κ1) is 21.0. The molecule has 0 atom stereocenters. The topological polar surface area (TPSA) is 69.2 Å². The van der Waals surface area contributed by atoms with Gasteiger partial charge in [0.2, 0.25) is 0 Å². The van der Waals surface area contributed by atoms with Gasteiger partial charge in [-0.3, -0.25) is 10.1 Å². The Bertz CT molecular complexity index is 956. The number of nitrogens with zero attached hydrogens (tertiary/aromatic N) is 1. The van der Waals surface area contributed by atoms with Crippen LogP contribution in [0.15, 0.2) is 95.8 Å². The summed E-state index contributed by atoms with van der Waals surface area (Å²) in [6.07, 6.45) is 0. The molecule has 0 saturated heterocycles. The summed E-state index contributed by atoms with van der Waals surface area (Å²) in [6.45, 7) is 0. The molecule has 0 amide bonds. The van der Waals surface area contributed by atoms with Gasteiger partial charge in [-0.05, 0) is 66.2 Å². The molecular weight excluding hydrogens is 524 g/mol. The van der Waals surface area contributed by atoms with Gasteiger partial charge >= 0.3 is 0 Å². The van der Waals surface area contributed by atoms with Crippen molar-refractivity contribution >= 4 is 66.8 Å². The number of benzene rings is 3. The molecule has 0 aliphatic rings. The molecule has 0 aliphatic carbocycles. The summed E-state index contributed by atoms with van der Waals surface area (Å²) in [5, 5.41) is 10.9. The number of thioether (sulfide) groups is 2. The van der Waals surface area contributed by atoms with Crippen molar-refractivity contribution in [3.8, 4) is 0 Å². The molecule has 0 aromatic heterocycles. The van der Waals surface area contributed by atoms with Crippen molar-refractivity contribution in [2.45, 2.75) is 9.79 Å². The number of hydrogen-bond donors (Lipinski definition) is 1. The largest absolute Gasteiger partial charge is 0.397 e. The number of non-ortho nitro benzene ring substituents is 1. The van der Waals surface area contributed by atoms with Crippen LogP contribution in [0.25, 0.3) is 5.70 Å². The summed E-state index contributed by atoms with van der Waals surface area (Å²) in [5.74, 6) is 0. The zero-order valence-electron chi connectivity index (χ0n) is 14.3. The molecule has 4 nitrogen and oxygen atoms in total. The zero-order valence-corrected chi connectivity index (χ0v) is 19.1. The van der Waals surface area contributed by atoms with Crippen LogP contribution in [0, 0.1) is 10.1 Å². The first-order valence-electron chi connectivity index (χ1n) is 8.04. The highest BCUT2D eigenvalue weighted by Gasteiger charge is 2.13. The maximum atomic E-state index is 10.9. The minimum Gasteiger partial charge on any atom is -0.397 e. The summed E-state index contributed by atoms with van der Waals surface area (Å²) < 4.78 is 2.91. The minimum atomic E-state index is -0.419. The highest BCUT2D eigenvalue weighted by Crippen LogP contribution is 2.43. The smallest absolute Gasteiger partial charge is 0.269 e. The molecule has 8 heteroatoms. The van der Waals surface area contributed by atoms with E-state index in [9.17, 15) is 10.1 Å². The molecule has 0 unspecified atom stereocenters. The van der Waals surface area contributed by atoms with Gasteiger partial charge in [0.1, 0.15) is 0 Å². The molecule has 0 fully saturated rings. The minimum absolute atomic E-state index is 0.0409. The normalized spacial score (nSPS) is 10.5. The van der Waals surface area contributed by atoms with Crippen LogP contribution in [-0.4, -0.2) is 4.92 Å². The Morgan fingerprint density at radius 1 is 0.786 bits per heavy atom. The predicted molar refractivity (Wildman–Crippen MR) is 124 cm³/mol. The molecule has 0 bridgehead atoms. The second-order valence-electron chi connectivity index (χ2n) is 5.62. The van der Waals surface area contributed by atoms with Crippen molar-refractivity contribution < 1.29 is 4.92 Å². The van der Waals surface area contributed by atoms with Crippen molar-refractivity contribution in [2.24, 2.45) is 5.73 Å². The van der Waals surface area contributed by atoms with Gasteiger partial charge in [0.15, 0.2) is 0 Å². The lowest BCUT2D eigenvalue weighted by molar-refractivity contribution is -0.384. The van der Waals surface area contributed by atoms with Crippen molar-refractivity contribution in [3.63, 3.8) is 0 Å². The fourth-order valence-corrected chi connectivity index (χ4v) is 4.93. The quantitative estimate of drug-likeness (QED) is 0.203. The van der Waals surface area contributed by atoms with Crippen LogP contribution in [0.3, 0.4) is 0 Å². The van der Waals surface area contributed by atoms with E-state index < -0.39 is 4.92 Å². The lowest BCUT2D eigenvalue weighted by Gasteiger charge is -2.12. The third-order valence-corrected chi connectivity index (χ3v) is 7.04. The summed E-state index contributed by atoms with van der Waals surface area (Å²) in [7, 11) is 0. The summed E-state index contributed by atoms with van der Waals surface area (Å²) in [5.41, 5.74) is 7.84. The van der Waals surface area contributed by atoms with Gasteiger partial charge in [-0.25, -0.2) is 0 Å². The second kappa shape index (κ2) is 9.65. The van der Waals surface area contributed by atoms with E-state index in [-0.39, 0.29) is 5.69 Å². The molecule has 0 heterocycles. The SMILES string of the molecule is NC(=C(Sc1ccc(Br)cc1)Sc1ccc(Br)cc1)c1ccc([N+](=O)[O-])cc1. The molecule has 28 heavy (non-hydrogen) atoms. The van der Waals surface area contributed by atoms with Gasteiger partial charge in [0.25, 0.3) is 5.69 Å². The van der Waals surface area contributed by atoms with E-state index in [0.29, 0.717) is 5.70 Å². The Morgan fingerprint density at radius 2 is 1.21 bits per heavy atom. The lowest BCUT2D eigenvalue weighted by Crippen LogP contribution is -1.99. The second-order valence-corrected chi connectivity index (χ2v) is 9.87. The monoisotopic (exact) mass is 536 g/mol. The molecule has 0 radical (unpaired) electrons. The van der Waals surface area contributed by atoms with E-state index in [0.717, 1.165) is 28.5 Å². The van der Waals surface area contributed by atoms with E-state index >= 15 is 0 Å². The van der Waals surface area contributed by atoms with Gasteiger partial charge in [0, 0.05) is 30.9 Å². The molecule has 142 valence electrons. The van der Waals surface area contributed by atoms with Crippen LogP contribution in [-0.2, 0) is 0 Å². The first-order valence-corrected chi connectivity index (χ1v) is 11.3. The first-order chi connectivity index (χ1) is 13.4. The number of nitro groups is 1.